The fraction of sp³-hybridized carbons (Fsp3) is 0.900. The molecule has 0 bridgehead atoms. The summed E-state index contributed by atoms with van der Waals surface area (Å²) < 4.78 is 0. The Morgan fingerprint density at radius 3 is 1.71 bits per heavy atom. The highest BCUT2D eigenvalue weighted by molar-refractivity contribution is 5.77. The van der Waals surface area contributed by atoms with Gasteiger partial charge in [0.05, 0.1) is 5.92 Å². The summed E-state index contributed by atoms with van der Waals surface area (Å²) >= 11 is 0. The topological polar surface area (TPSA) is 97.5 Å². The summed E-state index contributed by atoms with van der Waals surface area (Å²) in [6.07, 6.45) is 0. The van der Waals surface area contributed by atoms with Gasteiger partial charge in [-0.05, 0) is 27.7 Å². The SMILES string of the molecule is CC(C)NNCC(CNNC(C)C)C(=O)NO. The van der Waals surface area contributed by atoms with Gasteiger partial charge < -0.3 is 0 Å². The van der Waals surface area contributed by atoms with Crippen LogP contribution in [-0.4, -0.2) is 36.3 Å². The van der Waals surface area contributed by atoms with Crippen LogP contribution in [0.25, 0.3) is 0 Å². The number of rotatable bonds is 9. The van der Waals surface area contributed by atoms with Crippen molar-refractivity contribution in [3.8, 4) is 0 Å². The molecule has 0 unspecified atom stereocenters. The maximum Gasteiger partial charge on any atom is 0.249 e. The molecule has 6 N–H and O–H groups in total. The number of hydrogen-bond acceptors (Lipinski definition) is 6. The van der Waals surface area contributed by atoms with Crippen LogP contribution in [0.15, 0.2) is 0 Å². The van der Waals surface area contributed by atoms with Crippen LogP contribution in [0, 0.1) is 5.92 Å². The van der Waals surface area contributed by atoms with Gasteiger partial charge in [-0.15, -0.1) is 0 Å². The average molecular weight is 247 g/mol. The predicted molar refractivity (Wildman–Crippen MR) is 66.0 cm³/mol. The molecular weight excluding hydrogens is 222 g/mol. The van der Waals surface area contributed by atoms with E-state index in [9.17, 15) is 4.79 Å². The molecule has 0 aromatic heterocycles. The second-order valence-electron chi connectivity index (χ2n) is 4.53. The van der Waals surface area contributed by atoms with E-state index in [0.717, 1.165) is 0 Å². The molecule has 0 aliphatic rings. The molecule has 0 heterocycles. The maximum absolute atomic E-state index is 11.4. The molecular formula is C10H25N5O2. The molecule has 0 aromatic carbocycles. The lowest BCUT2D eigenvalue weighted by Crippen LogP contribution is -2.49. The van der Waals surface area contributed by atoms with E-state index in [1.807, 2.05) is 27.7 Å². The van der Waals surface area contributed by atoms with Crippen LogP contribution in [-0.2, 0) is 4.79 Å². The van der Waals surface area contributed by atoms with Crippen molar-refractivity contribution in [2.75, 3.05) is 13.1 Å². The van der Waals surface area contributed by atoms with Gasteiger partial charge in [-0.3, -0.25) is 31.7 Å². The monoisotopic (exact) mass is 247 g/mol. The van der Waals surface area contributed by atoms with Crippen LogP contribution >= 0.6 is 0 Å². The lowest BCUT2D eigenvalue weighted by atomic mass is 10.1. The van der Waals surface area contributed by atoms with Crippen LogP contribution in [0.2, 0.25) is 0 Å². The molecule has 0 atom stereocenters. The van der Waals surface area contributed by atoms with E-state index in [1.54, 1.807) is 5.48 Å². The Bertz CT molecular complexity index is 197. The van der Waals surface area contributed by atoms with Gasteiger partial charge in [-0.25, -0.2) is 5.48 Å². The van der Waals surface area contributed by atoms with Crippen molar-refractivity contribution >= 4 is 5.91 Å². The van der Waals surface area contributed by atoms with E-state index in [2.05, 4.69) is 21.7 Å². The number of amides is 1. The maximum atomic E-state index is 11.4. The Balaban J connectivity index is 3.93. The fourth-order valence-corrected chi connectivity index (χ4v) is 1.12. The number of hydroxylamine groups is 1. The number of hydrazine groups is 2. The number of carbonyl (C=O) groups excluding carboxylic acids is 1. The molecule has 0 radical (unpaired) electrons. The Kier molecular flexibility index (Phi) is 8.92. The lowest BCUT2D eigenvalue weighted by Gasteiger charge is -2.19. The highest BCUT2D eigenvalue weighted by Crippen LogP contribution is 1.92. The highest BCUT2D eigenvalue weighted by Gasteiger charge is 2.17. The van der Waals surface area contributed by atoms with Gasteiger partial charge in [0.2, 0.25) is 5.91 Å². The minimum Gasteiger partial charge on any atom is -0.289 e. The summed E-state index contributed by atoms with van der Waals surface area (Å²) in [4.78, 5) is 11.4. The smallest absolute Gasteiger partial charge is 0.249 e. The minimum atomic E-state index is -0.416. The zero-order valence-corrected chi connectivity index (χ0v) is 11.0. The predicted octanol–water partition coefficient (Wildman–Crippen LogP) is -0.887. The van der Waals surface area contributed by atoms with Gasteiger partial charge in [-0.1, -0.05) is 0 Å². The Labute approximate surface area is 103 Å². The molecule has 0 aliphatic carbocycles. The van der Waals surface area contributed by atoms with Gasteiger partial charge in [0, 0.05) is 25.2 Å². The zero-order chi connectivity index (χ0) is 13.3. The Morgan fingerprint density at radius 1 is 1.00 bits per heavy atom. The third kappa shape index (κ3) is 9.02. The third-order valence-corrected chi connectivity index (χ3v) is 1.96. The standard InChI is InChI=1S/C10H25N5O2/c1-7(2)13-11-5-9(10(16)15-17)6-12-14-8(3)4/h7-9,11-14,17H,5-6H2,1-4H3,(H,15,16). The molecule has 0 fully saturated rings. The van der Waals surface area contributed by atoms with Crippen molar-refractivity contribution < 1.29 is 10.0 Å². The summed E-state index contributed by atoms with van der Waals surface area (Å²) in [5.74, 6) is -0.779. The van der Waals surface area contributed by atoms with Gasteiger partial charge in [0.15, 0.2) is 0 Å². The molecule has 0 saturated heterocycles. The molecule has 7 heteroatoms. The van der Waals surface area contributed by atoms with Crippen molar-refractivity contribution in [1.82, 2.24) is 27.2 Å². The fourth-order valence-electron chi connectivity index (χ4n) is 1.12. The second-order valence-corrected chi connectivity index (χ2v) is 4.53. The number of carbonyl (C=O) groups is 1. The summed E-state index contributed by atoms with van der Waals surface area (Å²) in [6.45, 7) is 8.83. The van der Waals surface area contributed by atoms with Gasteiger partial charge in [0.25, 0.3) is 0 Å². The first kappa shape index (κ1) is 16.3. The quantitative estimate of drug-likeness (QED) is 0.234. The minimum absolute atomic E-state index is 0.287. The Morgan fingerprint density at radius 2 is 1.41 bits per heavy atom. The van der Waals surface area contributed by atoms with Crippen molar-refractivity contribution in [3.05, 3.63) is 0 Å². The van der Waals surface area contributed by atoms with E-state index >= 15 is 0 Å². The van der Waals surface area contributed by atoms with E-state index in [0.29, 0.717) is 13.1 Å². The van der Waals surface area contributed by atoms with Gasteiger partial charge in [0.1, 0.15) is 0 Å². The van der Waals surface area contributed by atoms with Crippen LogP contribution in [0.3, 0.4) is 0 Å². The van der Waals surface area contributed by atoms with Gasteiger partial charge in [-0.2, -0.15) is 0 Å². The zero-order valence-electron chi connectivity index (χ0n) is 11.0. The third-order valence-electron chi connectivity index (χ3n) is 1.96. The molecule has 17 heavy (non-hydrogen) atoms. The van der Waals surface area contributed by atoms with Crippen molar-refractivity contribution in [2.24, 2.45) is 5.92 Å². The van der Waals surface area contributed by atoms with E-state index in [-0.39, 0.29) is 18.0 Å². The van der Waals surface area contributed by atoms with Crippen molar-refractivity contribution in [3.63, 3.8) is 0 Å². The van der Waals surface area contributed by atoms with Crippen LogP contribution in [0.1, 0.15) is 27.7 Å². The lowest BCUT2D eigenvalue weighted by molar-refractivity contribution is -0.133. The molecule has 102 valence electrons. The summed E-state index contributed by atoms with van der Waals surface area (Å²) in [6, 6.07) is 0.573. The van der Waals surface area contributed by atoms with Crippen LogP contribution in [0.4, 0.5) is 0 Å². The first-order chi connectivity index (χ1) is 7.97. The molecule has 0 saturated carbocycles. The first-order valence-electron chi connectivity index (χ1n) is 5.88. The van der Waals surface area contributed by atoms with Crippen molar-refractivity contribution in [1.29, 1.82) is 0 Å². The summed E-state index contributed by atoms with van der Waals surface area (Å²) in [5.41, 5.74) is 13.6. The highest BCUT2D eigenvalue weighted by atomic mass is 16.5. The largest absolute Gasteiger partial charge is 0.289 e. The number of nitrogens with one attached hydrogen (secondary N) is 5. The first-order valence-corrected chi connectivity index (χ1v) is 5.88. The van der Waals surface area contributed by atoms with E-state index in [1.165, 1.54) is 0 Å². The molecule has 1 amide bonds. The number of hydrogen-bond donors (Lipinski definition) is 6. The van der Waals surface area contributed by atoms with Crippen molar-refractivity contribution in [2.45, 2.75) is 39.8 Å². The van der Waals surface area contributed by atoms with Gasteiger partial charge >= 0.3 is 0 Å². The molecule has 0 aliphatic heterocycles. The Hall–Kier alpha value is -0.730. The molecule has 7 nitrogen and oxygen atoms in total. The van der Waals surface area contributed by atoms with E-state index < -0.39 is 5.91 Å². The van der Waals surface area contributed by atoms with E-state index in [4.69, 9.17) is 5.21 Å². The summed E-state index contributed by atoms with van der Waals surface area (Å²) in [7, 11) is 0. The second kappa shape index (κ2) is 9.32. The molecule has 0 aromatic rings. The van der Waals surface area contributed by atoms with Crippen LogP contribution in [0.5, 0.6) is 0 Å². The average Bonchev–Trinajstić information content (AvgIpc) is 2.25. The molecule has 0 spiro atoms. The summed E-state index contributed by atoms with van der Waals surface area (Å²) in [5, 5.41) is 8.63. The molecule has 0 rings (SSSR count). The van der Waals surface area contributed by atoms with Crippen LogP contribution < -0.4 is 27.2 Å². The normalized spacial score (nSPS) is 11.5.